The monoisotopic (exact) mass is 225 g/mol. The van der Waals surface area contributed by atoms with E-state index < -0.39 is 15.9 Å². The molecule has 0 radical (unpaired) electrons. The van der Waals surface area contributed by atoms with Crippen molar-refractivity contribution in [2.75, 3.05) is 0 Å². The van der Waals surface area contributed by atoms with Gasteiger partial charge in [-0.05, 0) is 25.0 Å². The number of rotatable bonds is 3. The molecular formula is C10H11NO3S. The highest BCUT2D eigenvalue weighted by Gasteiger charge is 2.36. The number of benzene rings is 1. The highest BCUT2D eigenvalue weighted by Crippen LogP contribution is 2.27. The molecule has 5 heteroatoms. The zero-order valence-electron chi connectivity index (χ0n) is 8.01. The highest BCUT2D eigenvalue weighted by atomic mass is 32.2. The van der Waals surface area contributed by atoms with Crippen molar-refractivity contribution in [2.45, 2.75) is 18.1 Å². The van der Waals surface area contributed by atoms with E-state index in [9.17, 15) is 13.2 Å². The molecule has 80 valence electrons. The minimum Gasteiger partial charge on any atom is -0.268 e. The third-order valence-electron chi connectivity index (χ3n) is 2.23. The summed E-state index contributed by atoms with van der Waals surface area (Å²) >= 11 is 0. The van der Waals surface area contributed by atoms with Gasteiger partial charge in [0.2, 0.25) is 10.0 Å². The predicted octanol–water partition coefficient (Wildman–Crippen LogP) is 0.909. The Bertz CT molecular complexity index is 463. The molecule has 1 fully saturated rings. The maximum Gasteiger partial charge on any atom is 0.264 e. The molecule has 0 unspecified atom stereocenters. The van der Waals surface area contributed by atoms with Gasteiger partial charge in [-0.1, -0.05) is 18.2 Å². The van der Waals surface area contributed by atoms with Crippen molar-refractivity contribution in [1.29, 1.82) is 0 Å². The SMILES string of the molecule is O=C(NS(=O)(=O)C1CC1)c1ccccc1. The number of sulfonamides is 1. The summed E-state index contributed by atoms with van der Waals surface area (Å²) in [6, 6.07) is 8.32. The molecule has 0 saturated heterocycles. The van der Waals surface area contributed by atoms with Gasteiger partial charge < -0.3 is 0 Å². The van der Waals surface area contributed by atoms with Crippen LogP contribution in [-0.2, 0) is 10.0 Å². The Morgan fingerprint density at radius 1 is 1.20 bits per heavy atom. The number of carbonyl (C=O) groups is 1. The summed E-state index contributed by atoms with van der Waals surface area (Å²) in [7, 11) is -3.43. The molecule has 1 saturated carbocycles. The van der Waals surface area contributed by atoms with Gasteiger partial charge in [-0.2, -0.15) is 0 Å². The van der Waals surface area contributed by atoms with E-state index in [-0.39, 0.29) is 5.25 Å². The van der Waals surface area contributed by atoms with Gasteiger partial charge in [-0.25, -0.2) is 13.1 Å². The molecule has 1 N–H and O–H groups in total. The summed E-state index contributed by atoms with van der Waals surface area (Å²) in [5, 5.41) is -0.370. The van der Waals surface area contributed by atoms with Gasteiger partial charge in [0.25, 0.3) is 5.91 Å². The van der Waals surface area contributed by atoms with Crippen LogP contribution < -0.4 is 4.72 Å². The van der Waals surface area contributed by atoms with Gasteiger partial charge >= 0.3 is 0 Å². The first kappa shape index (κ1) is 10.2. The Labute approximate surface area is 88.4 Å². The lowest BCUT2D eigenvalue weighted by atomic mass is 10.2. The molecule has 4 nitrogen and oxygen atoms in total. The second-order valence-corrected chi connectivity index (χ2v) is 5.50. The van der Waals surface area contributed by atoms with E-state index in [0.29, 0.717) is 18.4 Å². The first-order chi connectivity index (χ1) is 7.09. The van der Waals surface area contributed by atoms with Crippen LogP contribution in [0, 0.1) is 0 Å². The fourth-order valence-corrected chi connectivity index (χ4v) is 2.54. The zero-order valence-corrected chi connectivity index (χ0v) is 8.83. The Hall–Kier alpha value is -1.36. The Balaban J connectivity index is 2.10. The number of hydrogen-bond donors (Lipinski definition) is 1. The first-order valence-electron chi connectivity index (χ1n) is 4.70. The van der Waals surface area contributed by atoms with Gasteiger partial charge in [-0.3, -0.25) is 4.79 Å². The zero-order chi connectivity index (χ0) is 10.9. The normalized spacial score (nSPS) is 16.0. The topological polar surface area (TPSA) is 63.2 Å². The van der Waals surface area contributed by atoms with Gasteiger partial charge in [0.15, 0.2) is 0 Å². The molecule has 1 aliphatic carbocycles. The van der Waals surface area contributed by atoms with E-state index in [1.54, 1.807) is 30.3 Å². The number of hydrogen-bond acceptors (Lipinski definition) is 3. The average Bonchev–Trinajstić information content (AvgIpc) is 3.01. The van der Waals surface area contributed by atoms with Crippen LogP contribution in [0.1, 0.15) is 23.2 Å². The lowest BCUT2D eigenvalue weighted by Gasteiger charge is -2.04. The molecule has 1 aliphatic rings. The van der Waals surface area contributed by atoms with Crippen LogP contribution in [0.4, 0.5) is 0 Å². The van der Waals surface area contributed by atoms with Crippen molar-refractivity contribution in [3.8, 4) is 0 Å². The van der Waals surface area contributed by atoms with Crippen molar-refractivity contribution in [2.24, 2.45) is 0 Å². The fraction of sp³-hybridized carbons (Fsp3) is 0.300. The second-order valence-electron chi connectivity index (χ2n) is 3.54. The summed E-state index contributed by atoms with van der Waals surface area (Å²) in [5.41, 5.74) is 0.363. The third-order valence-corrected chi connectivity index (χ3v) is 4.05. The molecule has 0 aromatic heterocycles. The summed E-state index contributed by atoms with van der Waals surface area (Å²) in [4.78, 5) is 11.5. The summed E-state index contributed by atoms with van der Waals surface area (Å²) < 4.78 is 25.0. The van der Waals surface area contributed by atoms with Crippen LogP contribution in [0.5, 0.6) is 0 Å². The van der Waals surface area contributed by atoms with Crippen molar-refractivity contribution >= 4 is 15.9 Å². The van der Waals surface area contributed by atoms with Crippen LogP contribution in [0.3, 0.4) is 0 Å². The molecule has 0 heterocycles. The van der Waals surface area contributed by atoms with Gasteiger partial charge in [-0.15, -0.1) is 0 Å². The van der Waals surface area contributed by atoms with Gasteiger partial charge in [0.05, 0.1) is 5.25 Å². The number of amides is 1. The predicted molar refractivity (Wildman–Crippen MR) is 55.9 cm³/mol. The molecular weight excluding hydrogens is 214 g/mol. The minimum atomic E-state index is -3.43. The molecule has 2 rings (SSSR count). The summed E-state index contributed by atoms with van der Waals surface area (Å²) in [6.45, 7) is 0. The Morgan fingerprint density at radius 2 is 1.80 bits per heavy atom. The molecule has 1 aromatic rings. The van der Waals surface area contributed by atoms with Crippen LogP contribution in [0.2, 0.25) is 0 Å². The minimum absolute atomic E-state index is 0.363. The summed E-state index contributed by atoms with van der Waals surface area (Å²) in [5.74, 6) is -0.553. The largest absolute Gasteiger partial charge is 0.268 e. The van der Waals surface area contributed by atoms with E-state index in [0.717, 1.165) is 0 Å². The lowest BCUT2D eigenvalue weighted by molar-refractivity contribution is 0.0981. The maximum atomic E-state index is 11.5. The summed E-state index contributed by atoms with van der Waals surface area (Å²) in [6.07, 6.45) is 1.30. The van der Waals surface area contributed by atoms with Crippen LogP contribution in [0.25, 0.3) is 0 Å². The van der Waals surface area contributed by atoms with Crippen LogP contribution >= 0.6 is 0 Å². The van der Waals surface area contributed by atoms with E-state index >= 15 is 0 Å². The van der Waals surface area contributed by atoms with Crippen molar-refractivity contribution in [3.05, 3.63) is 35.9 Å². The highest BCUT2D eigenvalue weighted by molar-refractivity contribution is 7.91. The van der Waals surface area contributed by atoms with E-state index in [4.69, 9.17) is 0 Å². The fourth-order valence-electron chi connectivity index (χ4n) is 1.24. The molecule has 0 spiro atoms. The Kier molecular flexibility index (Phi) is 2.48. The smallest absolute Gasteiger partial charge is 0.264 e. The van der Waals surface area contributed by atoms with E-state index in [1.165, 1.54) is 0 Å². The second kappa shape index (κ2) is 3.66. The Morgan fingerprint density at radius 3 is 2.33 bits per heavy atom. The maximum absolute atomic E-state index is 11.5. The van der Waals surface area contributed by atoms with Gasteiger partial charge in [0.1, 0.15) is 0 Å². The van der Waals surface area contributed by atoms with Crippen molar-refractivity contribution in [1.82, 2.24) is 4.72 Å². The molecule has 1 aromatic carbocycles. The standard InChI is InChI=1S/C10H11NO3S/c12-10(8-4-2-1-3-5-8)11-15(13,14)9-6-7-9/h1-5,9H,6-7H2,(H,11,12). The lowest BCUT2D eigenvalue weighted by Crippen LogP contribution is -2.33. The molecule has 0 aliphatic heterocycles. The van der Waals surface area contributed by atoms with E-state index in [1.807, 2.05) is 0 Å². The van der Waals surface area contributed by atoms with Crippen LogP contribution in [0.15, 0.2) is 30.3 Å². The third kappa shape index (κ3) is 2.36. The molecule has 1 amide bonds. The van der Waals surface area contributed by atoms with Crippen LogP contribution in [-0.4, -0.2) is 19.6 Å². The first-order valence-corrected chi connectivity index (χ1v) is 6.25. The van der Waals surface area contributed by atoms with Crippen molar-refractivity contribution in [3.63, 3.8) is 0 Å². The molecule has 0 atom stereocenters. The van der Waals surface area contributed by atoms with Gasteiger partial charge in [0, 0.05) is 5.56 Å². The number of carbonyl (C=O) groups excluding carboxylic acids is 1. The quantitative estimate of drug-likeness (QED) is 0.831. The molecule has 15 heavy (non-hydrogen) atoms. The van der Waals surface area contributed by atoms with E-state index in [2.05, 4.69) is 4.72 Å². The molecule has 0 bridgehead atoms. The van der Waals surface area contributed by atoms with Crippen molar-refractivity contribution < 1.29 is 13.2 Å². The number of nitrogens with one attached hydrogen (secondary N) is 1. The average molecular weight is 225 g/mol.